The topological polar surface area (TPSA) is 51.6 Å². The number of rotatable bonds is 5. The van der Waals surface area contributed by atoms with E-state index in [4.69, 9.17) is 15.0 Å². The van der Waals surface area contributed by atoms with E-state index in [1.165, 1.54) is 71.0 Å². The summed E-state index contributed by atoms with van der Waals surface area (Å²) in [7, 11) is 0. The molecule has 1 spiro atoms. The van der Waals surface area contributed by atoms with Gasteiger partial charge in [0.1, 0.15) is 0 Å². The molecule has 5 aromatic carbocycles. The van der Waals surface area contributed by atoms with Crippen molar-refractivity contribution >= 4 is 0 Å². The molecule has 0 bridgehead atoms. The van der Waals surface area contributed by atoms with Crippen LogP contribution >= 0.6 is 0 Å². The Morgan fingerprint density at radius 2 is 0.938 bits per heavy atom. The second kappa shape index (κ2) is 11.8. The van der Waals surface area contributed by atoms with Crippen molar-refractivity contribution in [3.8, 4) is 67.5 Å². The van der Waals surface area contributed by atoms with Gasteiger partial charge >= 0.3 is 0 Å². The van der Waals surface area contributed by atoms with Gasteiger partial charge in [-0.3, -0.25) is 4.98 Å². The van der Waals surface area contributed by atoms with E-state index in [0.29, 0.717) is 17.5 Å². The monoisotopic (exact) mass is 618 g/mol. The molecule has 4 heteroatoms. The smallest absolute Gasteiger partial charge is 0.164 e. The van der Waals surface area contributed by atoms with Gasteiger partial charge in [-0.15, -0.1) is 0 Å². The SMILES string of the molecule is c1ccc(-c2nc(-c3ccccc3)nc(-c3ccccc3-c3ccc4c(c3)C3(CCCCC3)c3cc(-c5cccnc5)ccc3-4)n2)cc1. The van der Waals surface area contributed by atoms with Crippen molar-refractivity contribution < 1.29 is 0 Å². The van der Waals surface area contributed by atoms with Crippen molar-refractivity contribution in [2.75, 3.05) is 0 Å². The predicted molar refractivity (Wildman–Crippen MR) is 194 cm³/mol. The summed E-state index contributed by atoms with van der Waals surface area (Å²) in [5.74, 6) is 2.02. The molecule has 9 rings (SSSR count). The highest BCUT2D eigenvalue weighted by Crippen LogP contribution is 2.57. The van der Waals surface area contributed by atoms with Gasteiger partial charge in [0.2, 0.25) is 0 Å². The molecule has 0 amide bonds. The first-order chi connectivity index (χ1) is 23.8. The fourth-order valence-corrected chi connectivity index (χ4v) is 7.93. The van der Waals surface area contributed by atoms with Crippen molar-refractivity contribution in [1.82, 2.24) is 19.9 Å². The molecule has 1 fully saturated rings. The maximum Gasteiger partial charge on any atom is 0.164 e. The van der Waals surface area contributed by atoms with E-state index in [-0.39, 0.29) is 5.41 Å². The summed E-state index contributed by atoms with van der Waals surface area (Å²) in [5.41, 5.74) is 13.3. The van der Waals surface area contributed by atoms with Crippen molar-refractivity contribution in [2.45, 2.75) is 37.5 Å². The third kappa shape index (κ3) is 4.84. The predicted octanol–water partition coefficient (Wildman–Crippen LogP) is 10.8. The molecule has 48 heavy (non-hydrogen) atoms. The Balaban J connectivity index is 1.19. The van der Waals surface area contributed by atoms with Gasteiger partial charge in [-0.2, -0.15) is 0 Å². The lowest BCUT2D eigenvalue weighted by Gasteiger charge is -2.36. The van der Waals surface area contributed by atoms with E-state index in [2.05, 4.69) is 96.0 Å². The van der Waals surface area contributed by atoms with E-state index in [1.807, 2.05) is 54.9 Å². The van der Waals surface area contributed by atoms with E-state index in [1.54, 1.807) is 0 Å². The van der Waals surface area contributed by atoms with Gasteiger partial charge in [0.25, 0.3) is 0 Å². The first-order valence-electron chi connectivity index (χ1n) is 16.9. The van der Waals surface area contributed by atoms with Crippen LogP contribution in [0.25, 0.3) is 67.5 Å². The maximum atomic E-state index is 5.08. The summed E-state index contributed by atoms with van der Waals surface area (Å²) in [6.45, 7) is 0. The molecular formula is C44H34N4. The van der Waals surface area contributed by atoms with Gasteiger partial charge in [0, 0.05) is 34.5 Å². The van der Waals surface area contributed by atoms with Crippen LogP contribution in [0.1, 0.15) is 43.2 Å². The van der Waals surface area contributed by atoms with Gasteiger partial charge in [0.05, 0.1) is 0 Å². The molecule has 2 heterocycles. The first kappa shape index (κ1) is 28.5. The number of hydrogen-bond donors (Lipinski definition) is 0. The summed E-state index contributed by atoms with van der Waals surface area (Å²) in [6.07, 6.45) is 9.94. The van der Waals surface area contributed by atoms with Crippen molar-refractivity contribution in [2.24, 2.45) is 0 Å². The average molecular weight is 619 g/mol. The number of pyridine rings is 1. The number of hydrogen-bond acceptors (Lipinski definition) is 4. The van der Waals surface area contributed by atoms with E-state index in [9.17, 15) is 0 Å². The van der Waals surface area contributed by atoms with Crippen molar-refractivity contribution in [1.29, 1.82) is 0 Å². The van der Waals surface area contributed by atoms with Crippen LogP contribution in [0.3, 0.4) is 0 Å². The first-order valence-corrected chi connectivity index (χ1v) is 16.9. The molecule has 0 saturated heterocycles. The molecule has 4 nitrogen and oxygen atoms in total. The summed E-state index contributed by atoms with van der Waals surface area (Å²) in [4.78, 5) is 19.5. The molecule has 230 valence electrons. The molecule has 1 saturated carbocycles. The van der Waals surface area contributed by atoms with Gasteiger partial charge in [-0.05, 0) is 75.5 Å². The molecule has 0 radical (unpaired) electrons. The molecule has 0 N–H and O–H groups in total. The van der Waals surface area contributed by atoms with Crippen molar-refractivity contribution in [3.05, 3.63) is 157 Å². The Bertz CT molecular complexity index is 2200. The lowest BCUT2D eigenvalue weighted by molar-refractivity contribution is 0.353. The summed E-state index contributed by atoms with van der Waals surface area (Å²) in [5, 5.41) is 0. The summed E-state index contributed by atoms with van der Waals surface area (Å²) in [6, 6.07) is 47.3. The normalized spacial score (nSPS) is 14.4. The molecule has 2 aliphatic rings. The molecular weight excluding hydrogens is 585 g/mol. The Labute approximate surface area is 281 Å². The minimum absolute atomic E-state index is 0.0141. The number of fused-ring (bicyclic) bond motifs is 5. The minimum atomic E-state index is 0.0141. The van der Waals surface area contributed by atoms with Crippen LogP contribution < -0.4 is 0 Å². The third-order valence-electron chi connectivity index (χ3n) is 10.2. The second-order valence-corrected chi connectivity index (χ2v) is 13.0. The summed E-state index contributed by atoms with van der Waals surface area (Å²) >= 11 is 0. The van der Waals surface area contributed by atoms with E-state index < -0.39 is 0 Å². The Hall–Kier alpha value is -5.74. The zero-order valence-electron chi connectivity index (χ0n) is 26.7. The zero-order chi connectivity index (χ0) is 31.9. The molecule has 0 aliphatic heterocycles. The van der Waals surface area contributed by atoms with Crippen LogP contribution in [0.15, 0.2) is 146 Å². The molecule has 7 aromatic rings. The quantitative estimate of drug-likeness (QED) is 0.193. The minimum Gasteiger partial charge on any atom is -0.264 e. The lowest BCUT2D eigenvalue weighted by atomic mass is 9.67. The molecule has 2 aliphatic carbocycles. The fourth-order valence-electron chi connectivity index (χ4n) is 7.93. The second-order valence-electron chi connectivity index (χ2n) is 13.0. The van der Waals surface area contributed by atoms with Gasteiger partial charge in [0.15, 0.2) is 17.5 Å². The Morgan fingerprint density at radius 3 is 1.56 bits per heavy atom. The number of benzene rings is 5. The Morgan fingerprint density at radius 1 is 0.396 bits per heavy atom. The highest BCUT2D eigenvalue weighted by molar-refractivity contribution is 5.89. The molecule has 0 unspecified atom stereocenters. The molecule has 2 aromatic heterocycles. The van der Waals surface area contributed by atoms with Gasteiger partial charge in [-0.1, -0.05) is 135 Å². The van der Waals surface area contributed by atoms with Gasteiger partial charge < -0.3 is 0 Å². The third-order valence-corrected chi connectivity index (χ3v) is 10.2. The van der Waals surface area contributed by atoms with Crippen molar-refractivity contribution in [3.63, 3.8) is 0 Å². The highest BCUT2D eigenvalue weighted by atomic mass is 15.0. The largest absolute Gasteiger partial charge is 0.264 e. The average Bonchev–Trinajstić information content (AvgIpc) is 3.43. The van der Waals surface area contributed by atoms with Gasteiger partial charge in [-0.25, -0.2) is 15.0 Å². The van der Waals surface area contributed by atoms with Crippen LogP contribution in [-0.2, 0) is 5.41 Å². The van der Waals surface area contributed by atoms with E-state index in [0.717, 1.165) is 22.3 Å². The highest BCUT2D eigenvalue weighted by Gasteiger charge is 2.44. The zero-order valence-corrected chi connectivity index (χ0v) is 26.7. The fraction of sp³-hybridized carbons (Fsp3) is 0.136. The van der Waals surface area contributed by atoms with Crippen LogP contribution in [0.5, 0.6) is 0 Å². The standard InChI is InChI=1S/C44H34N4/c1-4-13-30(14-5-1)41-46-42(31-15-6-2-7-16-31)48-43(47-41)38-19-9-8-18-35(38)33-21-23-37-36-22-20-32(34-17-12-26-45-29-34)27-39(36)44(40(37)28-33)24-10-3-11-25-44/h1-2,4-9,12-23,26-29H,3,10-11,24-25H2. The number of nitrogens with zero attached hydrogens (tertiary/aromatic N) is 4. The van der Waals surface area contributed by atoms with Crippen LogP contribution in [0.4, 0.5) is 0 Å². The lowest BCUT2D eigenvalue weighted by Crippen LogP contribution is -2.28. The maximum absolute atomic E-state index is 5.08. The van der Waals surface area contributed by atoms with Crippen LogP contribution in [-0.4, -0.2) is 19.9 Å². The van der Waals surface area contributed by atoms with Crippen LogP contribution in [0, 0.1) is 0 Å². The Kier molecular flexibility index (Phi) is 7.01. The van der Waals surface area contributed by atoms with E-state index >= 15 is 0 Å². The van der Waals surface area contributed by atoms with Crippen LogP contribution in [0.2, 0.25) is 0 Å². The molecule has 0 atom stereocenters. The number of aromatic nitrogens is 4. The summed E-state index contributed by atoms with van der Waals surface area (Å²) < 4.78 is 0.